The molecule has 0 spiro atoms. The second kappa shape index (κ2) is 9.06. The first-order valence-electron chi connectivity index (χ1n) is 8.16. The second-order valence-electron chi connectivity index (χ2n) is 5.85. The lowest BCUT2D eigenvalue weighted by Gasteiger charge is -2.08. The largest absolute Gasteiger partial charge is 0.310 e. The summed E-state index contributed by atoms with van der Waals surface area (Å²) in [5.41, 5.74) is 3.37. The summed E-state index contributed by atoms with van der Waals surface area (Å²) in [6.45, 7) is 0.320. The maximum absolute atomic E-state index is 12.6. The van der Waals surface area contributed by atoms with E-state index in [9.17, 15) is 9.59 Å². The molecule has 0 aliphatic heterocycles. The predicted molar refractivity (Wildman–Crippen MR) is 113 cm³/mol. The second-order valence-corrected chi connectivity index (χ2v) is 7.13. The summed E-state index contributed by atoms with van der Waals surface area (Å²) in [4.78, 5) is 24.9. The standard InChI is InChI=1S/C20H14Cl3N3O2/c21-15-6-3-13(4-7-15)12-26-9-1-2-17(20(26)28)19(27)25-24-11-14-5-8-16(22)10-18(14)23/h1-11H,12H2,(H,25,27)/b24-11-. The van der Waals surface area contributed by atoms with Gasteiger partial charge in [-0.15, -0.1) is 0 Å². The smallest absolute Gasteiger partial charge is 0.276 e. The van der Waals surface area contributed by atoms with Crippen LogP contribution in [0.1, 0.15) is 21.5 Å². The van der Waals surface area contributed by atoms with E-state index in [2.05, 4.69) is 10.5 Å². The Morgan fingerprint density at radius 3 is 2.46 bits per heavy atom. The highest BCUT2D eigenvalue weighted by atomic mass is 35.5. The Hall–Kier alpha value is -2.60. The number of pyridine rings is 1. The number of aromatic nitrogens is 1. The van der Waals surface area contributed by atoms with Gasteiger partial charge in [0.25, 0.3) is 11.5 Å². The number of nitrogens with zero attached hydrogens (tertiary/aromatic N) is 2. The van der Waals surface area contributed by atoms with Gasteiger partial charge in [-0.2, -0.15) is 5.10 Å². The number of nitrogens with one attached hydrogen (secondary N) is 1. The molecule has 0 bridgehead atoms. The third-order valence-electron chi connectivity index (χ3n) is 3.86. The molecule has 0 saturated carbocycles. The minimum absolute atomic E-state index is 0.0178. The molecule has 0 aliphatic rings. The van der Waals surface area contributed by atoms with Crippen molar-refractivity contribution in [3.05, 3.63) is 103 Å². The quantitative estimate of drug-likeness (QED) is 0.470. The SMILES string of the molecule is O=C(N/N=C\c1ccc(Cl)cc1Cl)c1cccn(Cc2ccc(Cl)cc2)c1=O. The van der Waals surface area contributed by atoms with Crippen molar-refractivity contribution in [3.63, 3.8) is 0 Å². The fourth-order valence-electron chi connectivity index (χ4n) is 2.45. The summed E-state index contributed by atoms with van der Waals surface area (Å²) >= 11 is 17.8. The molecule has 3 rings (SSSR count). The monoisotopic (exact) mass is 433 g/mol. The van der Waals surface area contributed by atoms with Crippen LogP contribution in [0.15, 0.2) is 70.7 Å². The molecule has 8 heteroatoms. The average molecular weight is 435 g/mol. The molecular formula is C20H14Cl3N3O2. The van der Waals surface area contributed by atoms with Gasteiger partial charge in [0.05, 0.1) is 17.8 Å². The van der Waals surface area contributed by atoms with Gasteiger partial charge in [-0.25, -0.2) is 5.43 Å². The molecule has 0 atom stereocenters. The van der Waals surface area contributed by atoms with Crippen LogP contribution in [0, 0.1) is 0 Å². The van der Waals surface area contributed by atoms with Gasteiger partial charge in [-0.1, -0.05) is 53.0 Å². The molecular weight excluding hydrogens is 421 g/mol. The van der Waals surface area contributed by atoms with Gasteiger partial charge in [-0.3, -0.25) is 9.59 Å². The first-order valence-corrected chi connectivity index (χ1v) is 9.30. The van der Waals surface area contributed by atoms with Crippen molar-refractivity contribution in [3.8, 4) is 0 Å². The zero-order chi connectivity index (χ0) is 20.1. The van der Waals surface area contributed by atoms with Gasteiger partial charge in [0.2, 0.25) is 0 Å². The van der Waals surface area contributed by atoms with E-state index >= 15 is 0 Å². The van der Waals surface area contributed by atoms with Crippen LogP contribution < -0.4 is 11.0 Å². The van der Waals surface area contributed by atoms with Crippen LogP contribution in [0.3, 0.4) is 0 Å². The van der Waals surface area contributed by atoms with Crippen LogP contribution in [0.2, 0.25) is 15.1 Å². The van der Waals surface area contributed by atoms with Gasteiger partial charge in [-0.05, 0) is 42.0 Å². The van der Waals surface area contributed by atoms with Gasteiger partial charge < -0.3 is 4.57 Å². The number of hydrazone groups is 1. The summed E-state index contributed by atoms with van der Waals surface area (Å²) < 4.78 is 1.44. The van der Waals surface area contributed by atoms with Crippen LogP contribution in [0.4, 0.5) is 0 Å². The van der Waals surface area contributed by atoms with E-state index in [0.29, 0.717) is 27.2 Å². The molecule has 28 heavy (non-hydrogen) atoms. The maximum atomic E-state index is 12.6. The Balaban J connectivity index is 1.74. The van der Waals surface area contributed by atoms with Crippen LogP contribution in [0.25, 0.3) is 0 Å². The van der Waals surface area contributed by atoms with Crippen molar-refractivity contribution >= 4 is 46.9 Å². The maximum Gasteiger partial charge on any atom is 0.276 e. The lowest BCUT2D eigenvalue weighted by Crippen LogP contribution is -2.30. The zero-order valence-corrected chi connectivity index (χ0v) is 16.7. The first-order chi connectivity index (χ1) is 13.4. The van der Waals surface area contributed by atoms with E-state index in [1.165, 1.54) is 16.8 Å². The number of amides is 1. The molecule has 3 aromatic rings. The highest BCUT2D eigenvalue weighted by Crippen LogP contribution is 2.19. The van der Waals surface area contributed by atoms with Gasteiger partial charge in [0, 0.05) is 21.8 Å². The number of hydrogen-bond acceptors (Lipinski definition) is 3. The highest BCUT2D eigenvalue weighted by Gasteiger charge is 2.11. The average Bonchev–Trinajstić information content (AvgIpc) is 2.67. The third-order valence-corrected chi connectivity index (χ3v) is 4.68. The van der Waals surface area contributed by atoms with Gasteiger partial charge in [0.1, 0.15) is 5.56 Å². The van der Waals surface area contributed by atoms with Crippen molar-refractivity contribution in [2.24, 2.45) is 5.10 Å². The van der Waals surface area contributed by atoms with Crippen molar-refractivity contribution in [2.45, 2.75) is 6.54 Å². The number of hydrogen-bond donors (Lipinski definition) is 1. The molecule has 0 aliphatic carbocycles. The first kappa shape index (κ1) is 20.1. The Kier molecular flexibility index (Phi) is 6.52. The summed E-state index contributed by atoms with van der Waals surface area (Å²) in [6.07, 6.45) is 3.00. The number of rotatable bonds is 5. The summed E-state index contributed by atoms with van der Waals surface area (Å²) in [7, 11) is 0. The summed E-state index contributed by atoms with van der Waals surface area (Å²) in [6, 6.07) is 15.1. The Bertz CT molecular complexity index is 1090. The lowest BCUT2D eigenvalue weighted by atomic mass is 10.2. The molecule has 5 nitrogen and oxygen atoms in total. The third kappa shape index (κ3) is 5.01. The van der Waals surface area contributed by atoms with E-state index in [1.807, 2.05) is 12.1 Å². The van der Waals surface area contributed by atoms with E-state index < -0.39 is 11.5 Å². The molecule has 1 amide bonds. The predicted octanol–water partition coefficient (Wildman–Crippen LogP) is 4.62. The van der Waals surface area contributed by atoms with Crippen LogP contribution >= 0.6 is 34.8 Å². The number of carbonyl (C=O) groups excluding carboxylic acids is 1. The van der Waals surface area contributed by atoms with Crippen molar-refractivity contribution in [1.29, 1.82) is 0 Å². The number of carbonyl (C=O) groups is 1. The highest BCUT2D eigenvalue weighted by molar-refractivity contribution is 6.36. The molecule has 1 aromatic heterocycles. The normalized spacial score (nSPS) is 11.0. The molecule has 0 radical (unpaired) electrons. The lowest BCUT2D eigenvalue weighted by molar-refractivity contribution is 0.0953. The zero-order valence-electron chi connectivity index (χ0n) is 14.4. The minimum atomic E-state index is -0.614. The van der Waals surface area contributed by atoms with Crippen LogP contribution in [-0.4, -0.2) is 16.7 Å². The number of benzene rings is 2. The topological polar surface area (TPSA) is 63.5 Å². The molecule has 1 heterocycles. The Morgan fingerprint density at radius 2 is 1.75 bits per heavy atom. The molecule has 0 fully saturated rings. The van der Waals surface area contributed by atoms with Gasteiger partial charge >= 0.3 is 0 Å². The molecule has 2 aromatic carbocycles. The molecule has 0 saturated heterocycles. The number of halogens is 3. The fourth-order valence-corrected chi connectivity index (χ4v) is 3.03. The van der Waals surface area contributed by atoms with E-state index in [1.54, 1.807) is 42.6 Å². The van der Waals surface area contributed by atoms with Crippen LogP contribution in [-0.2, 0) is 6.54 Å². The fraction of sp³-hybridized carbons (Fsp3) is 0.0500. The molecule has 0 unspecified atom stereocenters. The van der Waals surface area contributed by atoms with Crippen molar-refractivity contribution < 1.29 is 4.79 Å². The van der Waals surface area contributed by atoms with Crippen molar-refractivity contribution in [2.75, 3.05) is 0 Å². The molecule has 1 N–H and O–H groups in total. The molecule has 142 valence electrons. The Morgan fingerprint density at radius 1 is 1.04 bits per heavy atom. The summed E-state index contributed by atoms with van der Waals surface area (Å²) in [5.74, 6) is -0.614. The Labute approximate surface area is 176 Å². The van der Waals surface area contributed by atoms with Crippen LogP contribution in [0.5, 0.6) is 0 Å². The van der Waals surface area contributed by atoms with E-state index in [-0.39, 0.29) is 5.56 Å². The van der Waals surface area contributed by atoms with E-state index in [0.717, 1.165) is 5.56 Å². The van der Waals surface area contributed by atoms with Crippen molar-refractivity contribution in [1.82, 2.24) is 9.99 Å². The minimum Gasteiger partial charge on any atom is -0.310 e. The van der Waals surface area contributed by atoms with Gasteiger partial charge in [0.15, 0.2) is 0 Å². The van der Waals surface area contributed by atoms with E-state index in [4.69, 9.17) is 34.8 Å². The summed E-state index contributed by atoms with van der Waals surface area (Å²) in [5, 5.41) is 5.37.